The lowest BCUT2D eigenvalue weighted by atomic mass is 10.1. The van der Waals surface area contributed by atoms with Gasteiger partial charge in [-0.15, -0.1) is 0 Å². The van der Waals surface area contributed by atoms with E-state index in [4.69, 9.17) is 10.5 Å². The van der Waals surface area contributed by atoms with Crippen LogP contribution in [0.15, 0.2) is 36.4 Å². The van der Waals surface area contributed by atoms with Crippen molar-refractivity contribution in [3.8, 4) is 11.8 Å². The maximum atomic E-state index is 5.87. The van der Waals surface area contributed by atoms with Gasteiger partial charge in [-0.3, -0.25) is 0 Å². The van der Waals surface area contributed by atoms with Gasteiger partial charge in [0.2, 0.25) is 11.8 Å². The van der Waals surface area contributed by atoms with E-state index in [9.17, 15) is 0 Å². The second-order valence-corrected chi connectivity index (χ2v) is 4.70. The predicted molar refractivity (Wildman–Crippen MR) is 77.7 cm³/mol. The van der Waals surface area contributed by atoms with Crippen molar-refractivity contribution in [2.24, 2.45) is 12.8 Å². The predicted octanol–water partition coefficient (Wildman–Crippen LogP) is 2.53. The van der Waals surface area contributed by atoms with Crippen molar-refractivity contribution in [2.75, 3.05) is 0 Å². The fourth-order valence-electron chi connectivity index (χ4n) is 2.16. The van der Waals surface area contributed by atoms with Crippen LogP contribution in [-0.4, -0.2) is 14.8 Å². The molecule has 1 aromatic carbocycles. The average Bonchev–Trinajstić information content (AvgIpc) is 2.76. The Kier molecular flexibility index (Phi) is 3.12. The third-order valence-corrected chi connectivity index (χ3v) is 3.14. The minimum Gasteiger partial charge on any atom is -0.421 e. The molecule has 0 spiro atoms. The Morgan fingerprint density at radius 3 is 2.75 bits per heavy atom. The van der Waals surface area contributed by atoms with E-state index < -0.39 is 0 Å². The molecule has 0 amide bonds. The van der Waals surface area contributed by atoms with E-state index in [1.54, 1.807) is 4.68 Å². The molecule has 0 bridgehead atoms. The number of fused-ring (bicyclic) bond motifs is 1. The van der Waals surface area contributed by atoms with Gasteiger partial charge >= 0.3 is 0 Å². The fourth-order valence-corrected chi connectivity index (χ4v) is 2.16. The van der Waals surface area contributed by atoms with E-state index in [-0.39, 0.29) is 0 Å². The zero-order chi connectivity index (χ0) is 14.1. The number of rotatable bonds is 3. The van der Waals surface area contributed by atoms with E-state index in [0.717, 1.165) is 22.2 Å². The van der Waals surface area contributed by atoms with Crippen LogP contribution >= 0.6 is 0 Å². The van der Waals surface area contributed by atoms with Gasteiger partial charge in [0.15, 0.2) is 0 Å². The summed E-state index contributed by atoms with van der Waals surface area (Å²) in [7, 11) is 1.84. The van der Waals surface area contributed by atoms with Crippen LogP contribution in [0.25, 0.3) is 10.9 Å². The van der Waals surface area contributed by atoms with Crippen molar-refractivity contribution in [1.29, 1.82) is 0 Å². The lowest BCUT2D eigenvalue weighted by Crippen LogP contribution is -2.03. The SMILES string of the molecule is Cc1cc(Oc2nc3ccccc3cc2CN)n(C)n1. The number of aryl methyl sites for hydroxylation is 2. The van der Waals surface area contributed by atoms with Gasteiger partial charge < -0.3 is 10.5 Å². The highest BCUT2D eigenvalue weighted by molar-refractivity contribution is 5.80. The molecule has 0 saturated heterocycles. The van der Waals surface area contributed by atoms with Crippen LogP contribution < -0.4 is 10.5 Å². The van der Waals surface area contributed by atoms with Crippen molar-refractivity contribution in [3.05, 3.63) is 47.7 Å². The summed E-state index contributed by atoms with van der Waals surface area (Å²) in [6.07, 6.45) is 0. The quantitative estimate of drug-likeness (QED) is 0.792. The molecule has 0 aliphatic heterocycles. The Hall–Kier alpha value is -2.40. The van der Waals surface area contributed by atoms with Crippen LogP contribution in [0.5, 0.6) is 11.8 Å². The number of ether oxygens (including phenoxy) is 1. The van der Waals surface area contributed by atoms with Gasteiger partial charge in [0, 0.05) is 30.6 Å². The average molecular weight is 268 g/mol. The molecule has 2 aromatic heterocycles. The van der Waals surface area contributed by atoms with Crippen LogP contribution in [0.2, 0.25) is 0 Å². The molecule has 0 atom stereocenters. The van der Waals surface area contributed by atoms with Gasteiger partial charge in [-0.1, -0.05) is 18.2 Å². The number of nitrogens with two attached hydrogens (primary N) is 1. The molecule has 20 heavy (non-hydrogen) atoms. The summed E-state index contributed by atoms with van der Waals surface area (Å²) in [5.41, 5.74) is 8.46. The molecule has 0 unspecified atom stereocenters. The van der Waals surface area contributed by atoms with Gasteiger partial charge in [-0.05, 0) is 19.1 Å². The Balaban J connectivity index is 2.07. The Labute approximate surface area is 117 Å². The van der Waals surface area contributed by atoms with Crippen molar-refractivity contribution >= 4 is 10.9 Å². The normalized spacial score (nSPS) is 10.9. The third-order valence-electron chi connectivity index (χ3n) is 3.14. The van der Waals surface area contributed by atoms with E-state index in [1.165, 1.54) is 0 Å². The molecule has 0 aliphatic rings. The van der Waals surface area contributed by atoms with Crippen LogP contribution in [0, 0.1) is 6.92 Å². The number of benzene rings is 1. The van der Waals surface area contributed by atoms with Gasteiger partial charge in [0.1, 0.15) is 0 Å². The topological polar surface area (TPSA) is 66.0 Å². The van der Waals surface area contributed by atoms with E-state index >= 15 is 0 Å². The van der Waals surface area contributed by atoms with Crippen LogP contribution in [0.4, 0.5) is 0 Å². The first-order chi connectivity index (χ1) is 9.67. The second-order valence-electron chi connectivity index (χ2n) is 4.70. The molecule has 0 aliphatic carbocycles. The summed E-state index contributed by atoms with van der Waals surface area (Å²) >= 11 is 0. The first-order valence-corrected chi connectivity index (χ1v) is 6.44. The number of para-hydroxylation sites is 1. The second kappa shape index (κ2) is 4.94. The Morgan fingerprint density at radius 2 is 2.05 bits per heavy atom. The molecule has 3 aromatic rings. The minimum absolute atomic E-state index is 0.379. The summed E-state index contributed by atoms with van der Waals surface area (Å²) < 4.78 is 7.56. The Morgan fingerprint density at radius 1 is 1.25 bits per heavy atom. The molecular weight excluding hydrogens is 252 g/mol. The fraction of sp³-hybridized carbons (Fsp3) is 0.200. The molecule has 0 saturated carbocycles. The number of aromatic nitrogens is 3. The largest absolute Gasteiger partial charge is 0.421 e. The van der Waals surface area contributed by atoms with Crippen molar-refractivity contribution in [1.82, 2.24) is 14.8 Å². The Bertz CT molecular complexity index is 764. The molecule has 3 rings (SSSR count). The zero-order valence-corrected chi connectivity index (χ0v) is 11.5. The summed E-state index contributed by atoms with van der Waals surface area (Å²) in [6.45, 7) is 2.30. The lowest BCUT2D eigenvalue weighted by Gasteiger charge is -2.10. The first-order valence-electron chi connectivity index (χ1n) is 6.44. The monoisotopic (exact) mass is 268 g/mol. The number of nitrogens with zero attached hydrogens (tertiary/aromatic N) is 3. The van der Waals surface area contributed by atoms with Gasteiger partial charge in [0.25, 0.3) is 0 Å². The van der Waals surface area contributed by atoms with Crippen LogP contribution in [-0.2, 0) is 13.6 Å². The number of pyridine rings is 1. The molecule has 2 N–H and O–H groups in total. The molecule has 5 nitrogen and oxygen atoms in total. The van der Waals surface area contributed by atoms with E-state index in [0.29, 0.717) is 18.3 Å². The third kappa shape index (κ3) is 2.23. The van der Waals surface area contributed by atoms with Crippen LogP contribution in [0.1, 0.15) is 11.3 Å². The van der Waals surface area contributed by atoms with Crippen LogP contribution in [0.3, 0.4) is 0 Å². The molecule has 5 heteroatoms. The number of hydrogen-bond donors (Lipinski definition) is 1. The maximum Gasteiger partial charge on any atom is 0.226 e. The molecule has 0 radical (unpaired) electrons. The molecule has 0 fully saturated rings. The summed E-state index contributed by atoms with van der Waals surface area (Å²) in [6, 6.07) is 11.8. The highest BCUT2D eigenvalue weighted by Crippen LogP contribution is 2.26. The smallest absolute Gasteiger partial charge is 0.226 e. The minimum atomic E-state index is 0.379. The van der Waals surface area contributed by atoms with Gasteiger partial charge in [0.05, 0.1) is 11.2 Å². The maximum absolute atomic E-state index is 5.87. The van der Waals surface area contributed by atoms with Gasteiger partial charge in [-0.2, -0.15) is 5.10 Å². The number of hydrogen-bond acceptors (Lipinski definition) is 4. The molecule has 2 heterocycles. The van der Waals surface area contributed by atoms with E-state index in [1.807, 2.05) is 50.4 Å². The zero-order valence-electron chi connectivity index (χ0n) is 11.5. The highest BCUT2D eigenvalue weighted by atomic mass is 16.5. The van der Waals surface area contributed by atoms with Gasteiger partial charge in [-0.25, -0.2) is 9.67 Å². The summed E-state index contributed by atoms with van der Waals surface area (Å²) in [5, 5.41) is 5.31. The van der Waals surface area contributed by atoms with E-state index in [2.05, 4.69) is 10.1 Å². The first kappa shape index (κ1) is 12.6. The summed E-state index contributed by atoms with van der Waals surface area (Å²) in [4.78, 5) is 4.55. The van der Waals surface area contributed by atoms with Crippen molar-refractivity contribution < 1.29 is 4.74 Å². The lowest BCUT2D eigenvalue weighted by molar-refractivity contribution is 0.412. The highest BCUT2D eigenvalue weighted by Gasteiger charge is 2.11. The molecular formula is C15H16N4O. The van der Waals surface area contributed by atoms with Crippen molar-refractivity contribution in [2.45, 2.75) is 13.5 Å². The molecule has 102 valence electrons. The van der Waals surface area contributed by atoms with Crippen molar-refractivity contribution in [3.63, 3.8) is 0 Å². The summed E-state index contributed by atoms with van der Waals surface area (Å²) in [5.74, 6) is 1.19. The standard InChI is InChI=1S/C15H16N4O/c1-10-7-14(19(2)18-10)20-15-12(9-16)8-11-5-3-4-6-13(11)17-15/h3-8H,9,16H2,1-2H3.